The van der Waals surface area contributed by atoms with Crippen LogP contribution in [-0.2, 0) is 16.1 Å². The molecule has 1 aromatic heterocycles. The molecule has 4 nitrogen and oxygen atoms in total. The van der Waals surface area contributed by atoms with Gasteiger partial charge in [0.1, 0.15) is 0 Å². The third-order valence-electron chi connectivity index (χ3n) is 3.16. The minimum absolute atomic E-state index is 0.0204. The molecule has 0 saturated carbocycles. The molecule has 17 heavy (non-hydrogen) atoms. The van der Waals surface area contributed by atoms with Crippen LogP contribution in [0.15, 0.2) is 16.8 Å². The standard InChI is InChI=1S/C12H18N2O2S/c1-14(8-10-2-7-17-9-10)11(15)12(13)3-5-16-6-4-12/h2,7,9H,3-6,8,13H2,1H3. The first-order chi connectivity index (χ1) is 8.12. The zero-order valence-electron chi connectivity index (χ0n) is 10.0. The van der Waals surface area contributed by atoms with Crippen molar-refractivity contribution in [1.29, 1.82) is 0 Å². The van der Waals surface area contributed by atoms with Crippen LogP contribution in [0, 0.1) is 0 Å². The first-order valence-corrected chi connectivity index (χ1v) is 6.69. The molecule has 2 N–H and O–H groups in total. The van der Waals surface area contributed by atoms with E-state index in [0.717, 1.165) is 5.56 Å². The minimum atomic E-state index is -0.733. The zero-order valence-corrected chi connectivity index (χ0v) is 10.8. The summed E-state index contributed by atoms with van der Waals surface area (Å²) in [6.07, 6.45) is 1.22. The number of ether oxygens (including phenoxy) is 1. The van der Waals surface area contributed by atoms with Crippen molar-refractivity contribution >= 4 is 17.2 Å². The minimum Gasteiger partial charge on any atom is -0.381 e. The lowest BCUT2D eigenvalue weighted by atomic mass is 9.90. The van der Waals surface area contributed by atoms with Gasteiger partial charge in [-0.25, -0.2) is 0 Å². The molecule has 1 amide bonds. The largest absolute Gasteiger partial charge is 0.381 e. The van der Waals surface area contributed by atoms with Crippen molar-refractivity contribution in [3.8, 4) is 0 Å². The van der Waals surface area contributed by atoms with Gasteiger partial charge in [-0.3, -0.25) is 4.79 Å². The van der Waals surface area contributed by atoms with E-state index in [-0.39, 0.29) is 5.91 Å². The number of thiophene rings is 1. The van der Waals surface area contributed by atoms with Gasteiger partial charge in [0, 0.05) is 26.8 Å². The maximum atomic E-state index is 12.3. The third kappa shape index (κ3) is 2.86. The van der Waals surface area contributed by atoms with Crippen LogP contribution in [0.25, 0.3) is 0 Å². The van der Waals surface area contributed by atoms with Gasteiger partial charge in [0.05, 0.1) is 5.54 Å². The van der Waals surface area contributed by atoms with Crippen molar-refractivity contribution in [2.75, 3.05) is 20.3 Å². The van der Waals surface area contributed by atoms with Gasteiger partial charge in [0.15, 0.2) is 0 Å². The van der Waals surface area contributed by atoms with Crippen LogP contribution in [-0.4, -0.2) is 36.6 Å². The summed E-state index contributed by atoms with van der Waals surface area (Å²) in [6.45, 7) is 1.78. The highest BCUT2D eigenvalue weighted by Gasteiger charge is 2.37. The molecule has 0 aliphatic carbocycles. The number of rotatable bonds is 3. The van der Waals surface area contributed by atoms with E-state index in [4.69, 9.17) is 10.5 Å². The average molecular weight is 254 g/mol. The highest BCUT2D eigenvalue weighted by Crippen LogP contribution is 2.21. The van der Waals surface area contributed by atoms with Crippen molar-refractivity contribution in [2.24, 2.45) is 5.73 Å². The van der Waals surface area contributed by atoms with Gasteiger partial charge in [-0.15, -0.1) is 0 Å². The molecule has 2 heterocycles. The van der Waals surface area contributed by atoms with Gasteiger partial charge in [-0.1, -0.05) is 0 Å². The van der Waals surface area contributed by atoms with Crippen molar-refractivity contribution in [3.63, 3.8) is 0 Å². The van der Waals surface area contributed by atoms with Gasteiger partial charge >= 0.3 is 0 Å². The maximum Gasteiger partial charge on any atom is 0.242 e. The van der Waals surface area contributed by atoms with Crippen LogP contribution in [0.5, 0.6) is 0 Å². The SMILES string of the molecule is CN(Cc1ccsc1)C(=O)C1(N)CCOCC1. The zero-order chi connectivity index (χ0) is 12.3. The molecule has 0 unspecified atom stereocenters. The first kappa shape index (κ1) is 12.5. The topological polar surface area (TPSA) is 55.6 Å². The molecule has 2 rings (SSSR count). The van der Waals surface area contributed by atoms with E-state index in [1.54, 1.807) is 16.2 Å². The molecule has 5 heteroatoms. The second kappa shape index (κ2) is 5.16. The number of carbonyl (C=O) groups excluding carboxylic acids is 1. The molecule has 0 bridgehead atoms. The Morgan fingerprint density at radius 1 is 1.59 bits per heavy atom. The number of hydrogen-bond donors (Lipinski definition) is 1. The highest BCUT2D eigenvalue weighted by atomic mass is 32.1. The second-order valence-electron chi connectivity index (χ2n) is 4.56. The fraction of sp³-hybridized carbons (Fsp3) is 0.583. The van der Waals surface area contributed by atoms with Crippen LogP contribution >= 0.6 is 11.3 Å². The Hall–Kier alpha value is -0.910. The quantitative estimate of drug-likeness (QED) is 0.882. The monoisotopic (exact) mass is 254 g/mol. The Morgan fingerprint density at radius 3 is 2.88 bits per heavy atom. The average Bonchev–Trinajstić information content (AvgIpc) is 2.81. The van der Waals surface area contributed by atoms with Gasteiger partial charge in [0.25, 0.3) is 0 Å². The number of amides is 1. The summed E-state index contributed by atoms with van der Waals surface area (Å²) in [5.41, 5.74) is 6.58. The van der Waals surface area contributed by atoms with Crippen molar-refractivity contribution in [1.82, 2.24) is 4.90 Å². The Bertz CT molecular complexity index is 372. The number of nitrogens with zero attached hydrogens (tertiary/aromatic N) is 1. The van der Waals surface area contributed by atoms with E-state index in [2.05, 4.69) is 5.38 Å². The predicted molar refractivity (Wildman–Crippen MR) is 67.8 cm³/mol. The van der Waals surface area contributed by atoms with E-state index in [1.165, 1.54) is 0 Å². The third-order valence-corrected chi connectivity index (χ3v) is 3.89. The normalized spacial score (nSPS) is 18.9. The summed E-state index contributed by atoms with van der Waals surface area (Å²) in [4.78, 5) is 14.0. The lowest BCUT2D eigenvalue weighted by Crippen LogP contribution is -2.57. The van der Waals surface area contributed by atoms with Crippen molar-refractivity contribution < 1.29 is 9.53 Å². The summed E-state index contributed by atoms with van der Waals surface area (Å²) in [6, 6.07) is 2.03. The Morgan fingerprint density at radius 2 is 2.29 bits per heavy atom. The van der Waals surface area contributed by atoms with E-state index in [1.807, 2.05) is 18.5 Å². The first-order valence-electron chi connectivity index (χ1n) is 5.75. The summed E-state index contributed by atoms with van der Waals surface area (Å²) in [5.74, 6) is 0.0204. The Kier molecular flexibility index (Phi) is 3.81. The van der Waals surface area contributed by atoms with E-state index < -0.39 is 5.54 Å². The molecular formula is C12H18N2O2S. The van der Waals surface area contributed by atoms with E-state index >= 15 is 0 Å². The van der Waals surface area contributed by atoms with Crippen LogP contribution in [0.3, 0.4) is 0 Å². The molecule has 1 aliphatic rings. The van der Waals surface area contributed by atoms with Crippen LogP contribution < -0.4 is 5.73 Å². The molecule has 1 fully saturated rings. The van der Waals surface area contributed by atoms with Crippen molar-refractivity contribution in [3.05, 3.63) is 22.4 Å². The fourth-order valence-corrected chi connectivity index (χ4v) is 2.72. The van der Waals surface area contributed by atoms with E-state index in [9.17, 15) is 4.79 Å². The highest BCUT2D eigenvalue weighted by molar-refractivity contribution is 7.07. The number of nitrogens with two attached hydrogens (primary N) is 1. The molecule has 0 radical (unpaired) electrons. The molecule has 0 aromatic carbocycles. The molecule has 1 aliphatic heterocycles. The molecule has 0 atom stereocenters. The lowest BCUT2D eigenvalue weighted by Gasteiger charge is -2.35. The summed E-state index contributed by atoms with van der Waals surface area (Å²) < 4.78 is 5.25. The van der Waals surface area contributed by atoms with Crippen LogP contribution in [0.1, 0.15) is 18.4 Å². The van der Waals surface area contributed by atoms with Crippen LogP contribution in [0.2, 0.25) is 0 Å². The van der Waals surface area contributed by atoms with E-state index in [0.29, 0.717) is 32.6 Å². The van der Waals surface area contributed by atoms with Gasteiger partial charge in [0.2, 0.25) is 5.91 Å². The number of hydrogen-bond acceptors (Lipinski definition) is 4. The number of carbonyl (C=O) groups is 1. The maximum absolute atomic E-state index is 12.3. The summed E-state index contributed by atoms with van der Waals surface area (Å²) >= 11 is 1.64. The lowest BCUT2D eigenvalue weighted by molar-refractivity contribution is -0.139. The molecule has 0 spiro atoms. The fourth-order valence-electron chi connectivity index (χ4n) is 2.06. The summed E-state index contributed by atoms with van der Waals surface area (Å²) in [5, 5.41) is 4.07. The predicted octanol–water partition coefficient (Wildman–Crippen LogP) is 1.21. The van der Waals surface area contributed by atoms with Crippen LogP contribution in [0.4, 0.5) is 0 Å². The number of likely N-dealkylation sites (N-methyl/N-ethyl adjacent to an activating group) is 1. The Labute approximate surface area is 105 Å². The van der Waals surface area contributed by atoms with Gasteiger partial charge in [-0.05, 0) is 35.2 Å². The smallest absolute Gasteiger partial charge is 0.242 e. The van der Waals surface area contributed by atoms with Gasteiger partial charge in [-0.2, -0.15) is 11.3 Å². The molecule has 1 aromatic rings. The molecular weight excluding hydrogens is 236 g/mol. The summed E-state index contributed by atoms with van der Waals surface area (Å²) in [7, 11) is 1.81. The van der Waals surface area contributed by atoms with Gasteiger partial charge < -0.3 is 15.4 Å². The molecule has 1 saturated heterocycles. The molecule has 94 valence electrons. The van der Waals surface area contributed by atoms with Crippen molar-refractivity contribution in [2.45, 2.75) is 24.9 Å². The second-order valence-corrected chi connectivity index (χ2v) is 5.34. The Balaban J connectivity index is 1.98.